The Morgan fingerprint density at radius 2 is 1.50 bits per heavy atom. The molecule has 0 radical (unpaired) electrons. The molecule has 12 heteroatoms. The van der Waals surface area contributed by atoms with E-state index in [1.54, 1.807) is 48.7 Å². The van der Waals surface area contributed by atoms with Gasteiger partial charge in [0, 0.05) is 13.1 Å². The number of aryl methyl sites for hydroxylation is 1. The van der Waals surface area contributed by atoms with Crippen molar-refractivity contribution in [2.45, 2.75) is 111 Å². The number of aliphatic hydroxyl groups excluding tert-OH is 1. The minimum Gasteiger partial charge on any atom is -0.496 e. The molecule has 5 N–H and O–H groups in total. The quantitative estimate of drug-likeness (QED) is 0.113. The molecule has 2 rings (SSSR count). The van der Waals surface area contributed by atoms with Gasteiger partial charge < -0.3 is 35.3 Å². The van der Waals surface area contributed by atoms with Crippen molar-refractivity contribution in [3.8, 4) is 5.75 Å². The molecule has 2 aromatic rings. The molecular formula is C36H55N5O7. The van der Waals surface area contributed by atoms with Crippen LogP contribution in [0.25, 0.3) is 0 Å². The van der Waals surface area contributed by atoms with E-state index in [4.69, 9.17) is 14.2 Å². The van der Waals surface area contributed by atoms with Crippen molar-refractivity contribution >= 4 is 24.1 Å². The summed E-state index contributed by atoms with van der Waals surface area (Å²) in [6, 6.07) is 10.7. The molecule has 2 unspecified atom stereocenters. The highest BCUT2D eigenvalue weighted by atomic mass is 16.6. The molecule has 0 spiro atoms. The Bertz CT molecular complexity index is 1400. The van der Waals surface area contributed by atoms with E-state index in [-0.39, 0.29) is 18.9 Å². The van der Waals surface area contributed by atoms with E-state index in [0.717, 1.165) is 33.6 Å². The number of guanidine groups is 1. The van der Waals surface area contributed by atoms with Crippen LogP contribution in [0, 0.1) is 20.8 Å². The van der Waals surface area contributed by atoms with Crippen LogP contribution in [-0.4, -0.2) is 72.7 Å². The molecule has 0 fully saturated rings. The maximum Gasteiger partial charge on any atom is 0.414 e. The number of methoxy groups -OCH3 is 1. The number of amides is 3. The number of hydrogen-bond acceptors (Lipinski definition) is 8. The van der Waals surface area contributed by atoms with Gasteiger partial charge in [0.2, 0.25) is 5.96 Å². The van der Waals surface area contributed by atoms with E-state index in [0.29, 0.717) is 25.9 Å². The maximum atomic E-state index is 12.9. The molecular weight excluding hydrogens is 614 g/mol. The van der Waals surface area contributed by atoms with Crippen LogP contribution in [0.4, 0.5) is 9.59 Å². The number of alkyl carbamates (subject to hydrolysis) is 2. The second-order valence-electron chi connectivity index (χ2n) is 13.7. The zero-order valence-electron chi connectivity index (χ0n) is 30.2. The number of rotatable bonds is 13. The summed E-state index contributed by atoms with van der Waals surface area (Å²) in [5.74, 6) is 0.395. The third-order valence-electron chi connectivity index (χ3n) is 7.33. The number of carbonyl (C=O) groups is 3. The molecule has 0 saturated carbocycles. The number of nitrogens with zero attached hydrogens (tertiary/aromatic N) is 1. The van der Waals surface area contributed by atoms with E-state index in [9.17, 15) is 19.5 Å². The molecule has 48 heavy (non-hydrogen) atoms. The molecule has 0 aliphatic heterocycles. The van der Waals surface area contributed by atoms with Crippen molar-refractivity contribution < 1.29 is 33.7 Å². The first-order valence-corrected chi connectivity index (χ1v) is 16.3. The second kappa shape index (κ2) is 18.3. The molecule has 0 heterocycles. The van der Waals surface area contributed by atoms with E-state index < -0.39 is 41.4 Å². The first-order valence-electron chi connectivity index (χ1n) is 16.3. The van der Waals surface area contributed by atoms with E-state index in [1.807, 2.05) is 57.2 Å². The Balaban J connectivity index is 2.15. The van der Waals surface area contributed by atoms with Crippen LogP contribution in [0.1, 0.15) is 82.2 Å². The lowest BCUT2D eigenvalue weighted by molar-refractivity contribution is -0.130. The van der Waals surface area contributed by atoms with Crippen LogP contribution in [0.15, 0.2) is 41.4 Å². The average Bonchev–Trinajstić information content (AvgIpc) is 2.98. The second-order valence-corrected chi connectivity index (χ2v) is 13.7. The third-order valence-corrected chi connectivity index (χ3v) is 7.33. The van der Waals surface area contributed by atoms with Crippen LogP contribution in [0.2, 0.25) is 0 Å². The van der Waals surface area contributed by atoms with Crippen molar-refractivity contribution in [2.24, 2.45) is 4.99 Å². The predicted octanol–water partition coefficient (Wildman–Crippen LogP) is 4.98. The van der Waals surface area contributed by atoms with Crippen molar-refractivity contribution in [1.29, 1.82) is 0 Å². The minimum atomic E-state index is -1.52. The average molecular weight is 670 g/mol. The van der Waals surface area contributed by atoms with Gasteiger partial charge in [-0.2, -0.15) is 0 Å². The summed E-state index contributed by atoms with van der Waals surface area (Å²) in [4.78, 5) is 42.8. The molecule has 0 bridgehead atoms. The van der Waals surface area contributed by atoms with Gasteiger partial charge in [-0.05, 0) is 115 Å². The van der Waals surface area contributed by atoms with E-state index in [2.05, 4.69) is 26.3 Å². The Morgan fingerprint density at radius 3 is 2.10 bits per heavy atom. The highest BCUT2D eigenvalue weighted by molar-refractivity contribution is 5.94. The highest BCUT2D eigenvalue weighted by Crippen LogP contribution is 2.28. The smallest absolute Gasteiger partial charge is 0.414 e. The van der Waals surface area contributed by atoms with Crippen LogP contribution < -0.4 is 26.0 Å². The molecule has 2 atom stereocenters. The summed E-state index contributed by atoms with van der Waals surface area (Å²) in [6.07, 6.45) is -1.73. The zero-order chi connectivity index (χ0) is 36.1. The van der Waals surface area contributed by atoms with Crippen LogP contribution >= 0.6 is 0 Å². The van der Waals surface area contributed by atoms with Crippen molar-refractivity contribution in [3.63, 3.8) is 0 Å². The van der Waals surface area contributed by atoms with Gasteiger partial charge in [0.25, 0.3) is 5.91 Å². The van der Waals surface area contributed by atoms with Gasteiger partial charge in [0.1, 0.15) is 17.0 Å². The number of hydrogen-bond donors (Lipinski definition) is 5. The monoisotopic (exact) mass is 669 g/mol. The summed E-state index contributed by atoms with van der Waals surface area (Å²) in [5.41, 5.74) is 3.62. The van der Waals surface area contributed by atoms with Gasteiger partial charge in [-0.1, -0.05) is 30.3 Å². The molecule has 0 aromatic heterocycles. The Hall–Kier alpha value is -4.32. The number of aliphatic hydroxyl groups is 1. The molecule has 3 amide bonds. The van der Waals surface area contributed by atoms with Crippen molar-refractivity contribution in [3.05, 3.63) is 64.2 Å². The van der Waals surface area contributed by atoms with E-state index in [1.165, 1.54) is 0 Å². The molecule has 12 nitrogen and oxygen atoms in total. The van der Waals surface area contributed by atoms with Gasteiger partial charge in [-0.15, -0.1) is 0 Å². The lowest BCUT2D eigenvalue weighted by Gasteiger charge is -2.26. The number of carbonyl (C=O) groups excluding carboxylic acids is 3. The van der Waals surface area contributed by atoms with Gasteiger partial charge >= 0.3 is 12.2 Å². The van der Waals surface area contributed by atoms with Gasteiger partial charge in [0.05, 0.1) is 19.7 Å². The lowest BCUT2D eigenvalue weighted by atomic mass is 9.97. The summed E-state index contributed by atoms with van der Waals surface area (Å²) >= 11 is 0. The van der Waals surface area contributed by atoms with Crippen LogP contribution in [-0.2, 0) is 27.2 Å². The zero-order valence-corrected chi connectivity index (χ0v) is 30.2. The Kier molecular flexibility index (Phi) is 15.2. The number of nitrogens with one attached hydrogen (secondary N) is 4. The topological polar surface area (TPSA) is 160 Å². The van der Waals surface area contributed by atoms with Crippen LogP contribution in [0.5, 0.6) is 5.75 Å². The summed E-state index contributed by atoms with van der Waals surface area (Å²) in [6.45, 7) is 17.4. The molecule has 266 valence electrons. The fourth-order valence-corrected chi connectivity index (χ4v) is 4.81. The fourth-order valence-electron chi connectivity index (χ4n) is 4.81. The van der Waals surface area contributed by atoms with Gasteiger partial charge in [-0.25, -0.2) is 14.6 Å². The lowest BCUT2D eigenvalue weighted by Crippen LogP contribution is -2.52. The standard InChI is InChI=1S/C36H55N5O7/c1-23-21-29(46-10)25(3)24(2)27(23)22-39-32(41-34(45)48-36(7,8)9)38-19-14-17-28(40-33(44)47-35(4,5)6)30(42)31(43)37-20-18-26-15-12-11-13-16-26/h11-13,15-16,21,28,30,42H,14,17-20,22H2,1-10H3,(H,37,43)(H,40,44)(H2,38,39,41,45). The Labute approximate surface area is 285 Å². The first-order chi connectivity index (χ1) is 22.4. The van der Waals surface area contributed by atoms with E-state index >= 15 is 0 Å². The Morgan fingerprint density at radius 1 is 0.875 bits per heavy atom. The number of aliphatic imine (C=N–C) groups is 1. The van der Waals surface area contributed by atoms with Crippen molar-refractivity contribution in [2.75, 3.05) is 20.2 Å². The van der Waals surface area contributed by atoms with Crippen molar-refractivity contribution in [1.82, 2.24) is 21.3 Å². The molecule has 0 saturated heterocycles. The summed E-state index contributed by atoms with van der Waals surface area (Å²) in [5, 5.41) is 22.2. The van der Waals surface area contributed by atoms with Gasteiger partial charge in [-0.3, -0.25) is 10.1 Å². The molecule has 0 aliphatic carbocycles. The number of ether oxygens (including phenoxy) is 3. The van der Waals surface area contributed by atoms with Crippen LogP contribution in [0.3, 0.4) is 0 Å². The minimum absolute atomic E-state index is 0.201. The molecule has 2 aromatic carbocycles. The largest absolute Gasteiger partial charge is 0.496 e. The summed E-state index contributed by atoms with van der Waals surface area (Å²) in [7, 11) is 1.64. The maximum absolute atomic E-state index is 12.9. The summed E-state index contributed by atoms with van der Waals surface area (Å²) < 4.78 is 16.3. The fraction of sp³-hybridized carbons (Fsp3) is 0.556. The highest BCUT2D eigenvalue weighted by Gasteiger charge is 2.29. The third kappa shape index (κ3) is 14.2. The van der Waals surface area contributed by atoms with Gasteiger partial charge in [0.15, 0.2) is 6.10 Å². The first kappa shape index (κ1) is 39.9. The normalized spacial score (nSPS) is 13.2. The predicted molar refractivity (Wildman–Crippen MR) is 187 cm³/mol. The number of benzene rings is 2. The molecule has 0 aliphatic rings. The SMILES string of the molecule is COc1cc(C)c(CN=C(NCCCC(NC(=O)OC(C)(C)C)C(O)C(=O)NCCc2ccccc2)NC(=O)OC(C)(C)C)c(C)c1C.